The van der Waals surface area contributed by atoms with Gasteiger partial charge < -0.3 is 10.0 Å². The van der Waals surface area contributed by atoms with Crippen molar-refractivity contribution in [2.45, 2.75) is 58.4 Å². The molecule has 0 spiro atoms. The van der Waals surface area contributed by atoms with Crippen LogP contribution >= 0.6 is 0 Å². The zero-order valence-electron chi connectivity index (χ0n) is 13.2. The lowest BCUT2D eigenvalue weighted by molar-refractivity contribution is -0.132. The molecule has 0 bridgehead atoms. The standard InChI is InChI=1S/C18H27NO2/c1-14(2)10-11-19(16-7-3-4-8-16)18(21)13-15-6-5-9-17(20)12-15/h5-6,9,12,14,16,20H,3-4,7-8,10-11,13H2,1-2H3. The van der Waals surface area contributed by atoms with Crippen molar-refractivity contribution < 1.29 is 9.90 Å². The normalized spacial score (nSPS) is 15.6. The van der Waals surface area contributed by atoms with Crippen molar-refractivity contribution in [3.8, 4) is 5.75 Å². The Kier molecular flexibility index (Phi) is 5.66. The van der Waals surface area contributed by atoms with Crippen LogP contribution in [0.4, 0.5) is 0 Å². The third-order valence-electron chi connectivity index (χ3n) is 4.30. The zero-order chi connectivity index (χ0) is 15.2. The number of nitrogens with zero attached hydrogens (tertiary/aromatic N) is 1. The average Bonchev–Trinajstić information content (AvgIpc) is 2.92. The van der Waals surface area contributed by atoms with E-state index >= 15 is 0 Å². The maximum atomic E-state index is 12.7. The first kappa shape index (κ1) is 15.9. The van der Waals surface area contributed by atoms with Gasteiger partial charge in [0.1, 0.15) is 5.75 Å². The Hall–Kier alpha value is -1.51. The number of carbonyl (C=O) groups is 1. The second-order valence-corrected chi connectivity index (χ2v) is 6.55. The highest BCUT2D eigenvalue weighted by atomic mass is 16.3. The molecule has 1 saturated carbocycles. The summed E-state index contributed by atoms with van der Waals surface area (Å²) >= 11 is 0. The Balaban J connectivity index is 2.02. The fourth-order valence-corrected chi connectivity index (χ4v) is 3.07. The summed E-state index contributed by atoms with van der Waals surface area (Å²) in [6.45, 7) is 5.26. The third kappa shape index (κ3) is 4.76. The topological polar surface area (TPSA) is 40.5 Å². The van der Waals surface area contributed by atoms with E-state index in [-0.39, 0.29) is 11.7 Å². The highest BCUT2D eigenvalue weighted by Crippen LogP contribution is 2.25. The molecule has 0 radical (unpaired) electrons. The second-order valence-electron chi connectivity index (χ2n) is 6.55. The van der Waals surface area contributed by atoms with Gasteiger partial charge in [0.25, 0.3) is 0 Å². The number of hydrogen-bond donors (Lipinski definition) is 1. The van der Waals surface area contributed by atoms with Gasteiger partial charge in [0.05, 0.1) is 6.42 Å². The van der Waals surface area contributed by atoms with Crippen LogP contribution in [-0.2, 0) is 11.2 Å². The Morgan fingerprint density at radius 3 is 2.67 bits per heavy atom. The number of phenols is 1. The summed E-state index contributed by atoms with van der Waals surface area (Å²) in [6.07, 6.45) is 6.21. The molecule has 1 aliphatic carbocycles. The van der Waals surface area contributed by atoms with E-state index in [0.717, 1.165) is 31.4 Å². The van der Waals surface area contributed by atoms with Crippen LogP contribution in [0.3, 0.4) is 0 Å². The van der Waals surface area contributed by atoms with Crippen molar-refractivity contribution in [1.29, 1.82) is 0 Å². The van der Waals surface area contributed by atoms with Crippen LogP contribution in [0, 0.1) is 5.92 Å². The number of aromatic hydroxyl groups is 1. The lowest BCUT2D eigenvalue weighted by atomic mass is 10.1. The van der Waals surface area contributed by atoms with E-state index in [1.807, 2.05) is 6.07 Å². The highest BCUT2D eigenvalue weighted by Gasteiger charge is 2.26. The monoisotopic (exact) mass is 289 g/mol. The molecule has 0 atom stereocenters. The Morgan fingerprint density at radius 2 is 2.05 bits per heavy atom. The van der Waals surface area contributed by atoms with Gasteiger partial charge in [-0.3, -0.25) is 4.79 Å². The molecular weight excluding hydrogens is 262 g/mol. The van der Waals surface area contributed by atoms with E-state index in [2.05, 4.69) is 18.7 Å². The predicted molar refractivity (Wildman–Crippen MR) is 85.2 cm³/mol. The van der Waals surface area contributed by atoms with Crippen LogP contribution in [0.15, 0.2) is 24.3 Å². The van der Waals surface area contributed by atoms with Crippen LogP contribution < -0.4 is 0 Å². The molecule has 0 heterocycles. The molecule has 3 heteroatoms. The Bertz CT molecular complexity index is 464. The summed E-state index contributed by atoms with van der Waals surface area (Å²) in [5.74, 6) is 1.05. The second kappa shape index (κ2) is 7.48. The molecule has 116 valence electrons. The summed E-state index contributed by atoms with van der Waals surface area (Å²) in [5, 5.41) is 9.53. The minimum absolute atomic E-state index is 0.202. The molecule has 1 aliphatic rings. The molecular formula is C18H27NO2. The molecule has 1 N–H and O–H groups in total. The summed E-state index contributed by atoms with van der Waals surface area (Å²) in [6, 6.07) is 7.46. The van der Waals surface area contributed by atoms with Crippen molar-refractivity contribution in [1.82, 2.24) is 4.90 Å². The zero-order valence-corrected chi connectivity index (χ0v) is 13.2. The number of carbonyl (C=O) groups excluding carboxylic acids is 1. The van der Waals surface area contributed by atoms with Crippen molar-refractivity contribution in [3.63, 3.8) is 0 Å². The van der Waals surface area contributed by atoms with Gasteiger partial charge in [0.2, 0.25) is 5.91 Å². The molecule has 1 aromatic carbocycles. The van der Waals surface area contributed by atoms with E-state index < -0.39 is 0 Å². The van der Waals surface area contributed by atoms with Crippen molar-refractivity contribution in [2.24, 2.45) is 5.92 Å². The van der Waals surface area contributed by atoms with Crippen molar-refractivity contribution >= 4 is 5.91 Å². The van der Waals surface area contributed by atoms with Gasteiger partial charge in [-0.1, -0.05) is 38.8 Å². The van der Waals surface area contributed by atoms with Gasteiger partial charge in [0, 0.05) is 12.6 Å². The average molecular weight is 289 g/mol. The molecule has 0 saturated heterocycles. The molecule has 1 amide bonds. The van der Waals surface area contributed by atoms with Gasteiger partial charge in [0.15, 0.2) is 0 Å². The Morgan fingerprint density at radius 1 is 1.33 bits per heavy atom. The highest BCUT2D eigenvalue weighted by molar-refractivity contribution is 5.79. The van der Waals surface area contributed by atoms with Crippen LogP contribution in [0.5, 0.6) is 5.75 Å². The lowest BCUT2D eigenvalue weighted by Gasteiger charge is -2.30. The fraction of sp³-hybridized carbons (Fsp3) is 0.611. The number of rotatable bonds is 6. The van der Waals surface area contributed by atoms with E-state index in [4.69, 9.17) is 0 Å². The van der Waals surface area contributed by atoms with Crippen LogP contribution in [0.2, 0.25) is 0 Å². The molecule has 0 aromatic heterocycles. The molecule has 1 fully saturated rings. The van der Waals surface area contributed by atoms with Gasteiger partial charge in [-0.25, -0.2) is 0 Å². The predicted octanol–water partition coefficient (Wildman–Crippen LogP) is 3.75. The maximum absolute atomic E-state index is 12.7. The first-order chi connectivity index (χ1) is 10.1. The largest absolute Gasteiger partial charge is 0.508 e. The fourth-order valence-electron chi connectivity index (χ4n) is 3.07. The summed E-state index contributed by atoms with van der Waals surface area (Å²) in [5.41, 5.74) is 0.896. The van der Waals surface area contributed by atoms with E-state index in [9.17, 15) is 9.90 Å². The van der Waals surface area contributed by atoms with Crippen molar-refractivity contribution in [2.75, 3.05) is 6.54 Å². The van der Waals surface area contributed by atoms with E-state index in [0.29, 0.717) is 18.4 Å². The minimum atomic E-state index is 0.202. The summed E-state index contributed by atoms with van der Waals surface area (Å²) < 4.78 is 0. The molecule has 1 aromatic rings. The quantitative estimate of drug-likeness (QED) is 0.866. The third-order valence-corrected chi connectivity index (χ3v) is 4.30. The van der Waals surface area contributed by atoms with Crippen LogP contribution in [0.1, 0.15) is 51.5 Å². The molecule has 21 heavy (non-hydrogen) atoms. The van der Waals surface area contributed by atoms with Gasteiger partial charge >= 0.3 is 0 Å². The number of benzene rings is 1. The van der Waals surface area contributed by atoms with Crippen LogP contribution in [0.25, 0.3) is 0 Å². The van der Waals surface area contributed by atoms with Gasteiger partial charge in [-0.2, -0.15) is 0 Å². The maximum Gasteiger partial charge on any atom is 0.227 e. The van der Waals surface area contributed by atoms with Gasteiger partial charge in [-0.15, -0.1) is 0 Å². The SMILES string of the molecule is CC(C)CCN(C(=O)Cc1cccc(O)c1)C1CCCC1. The number of hydrogen-bond acceptors (Lipinski definition) is 2. The smallest absolute Gasteiger partial charge is 0.227 e. The van der Waals surface area contributed by atoms with Crippen LogP contribution in [-0.4, -0.2) is 28.5 Å². The molecule has 2 rings (SSSR count). The number of phenolic OH excluding ortho intramolecular Hbond substituents is 1. The number of amides is 1. The lowest BCUT2D eigenvalue weighted by Crippen LogP contribution is -2.40. The van der Waals surface area contributed by atoms with Crippen molar-refractivity contribution in [3.05, 3.63) is 29.8 Å². The Labute approximate surface area is 128 Å². The molecule has 0 aliphatic heterocycles. The summed E-state index contributed by atoms with van der Waals surface area (Å²) in [4.78, 5) is 14.8. The first-order valence-electron chi connectivity index (χ1n) is 8.13. The van der Waals surface area contributed by atoms with E-state index in [1.165, 1.54) is 12.8 Å². The summed E-state index contributed by atoms with van der Waals surface area (Å²) in [7, 11) is 0. The molecule has 3 nitrogen and oxygen atoms in total. The molecule has 0 unspecified atom stereocenters. The minimum Gasteiger partial charge on any atom is -0.508 e. The van der Waals surface area contributed by atoms with Gasteiger partial charge in [-0.05, 0) is 42.9 Å². The first-order valence-corrected chi connectivity index (χ1v) is 8.13. The van der Waals surface area contributed by atoms with E-state index in [1.54, 1.807) is 18.2 Å².